The van der Waals surface area contributed by atoms with Crippen LogP contribution >= 0.6 is 0 Å². The predicted molar refractivity (Wildman–Crippen MR) is 58.4 cm³/mol. The third kappa shape index (κ3) is 3.48. The Labute approximate surface area is 92.4 Å². The van der Waals surface area contributed by atoms with Crippen LogP contribution < -0.4 is 0 Å². The minimum atomic E-state index is -0.270. The molecule has 1 saturated heterocycles. The van der Waals surface area contributed by atoms with Crippen LogP contribution in [0.3, 0.4) is 0 Å². The Bertz CT molecular complexity index is 236. The SMILES string of the molecule is COC(C)(C)CCC1(C#N)CCCOC1. The molecule has 86 valence electrons. The third-order valence-corrected chi connectivity index (χ3v) is 3.32. The smallest absolute Gasteiger partial charge is 0.0808 e. The van der Waals surface area contributed by atoms with Crippen LogP contribution in [0.1, 0.15) is 39.5 Å². The largest absolute Gasteiger partial charge is 0.380 e. The second-order valence-electron chi connectivity index (χ2n) is 5.01. The summed E-state index contributed by atoms with van der Waals surface area (Å²) in [4.78, 5) is 0. The monoisotopic (exact) mass is 211 g/mol. The van der Waals surface area contributed by atoms with Crippen LogP contribution in [-0.4, -0.2) is 25.9 Å². The second-order valence-corrected chi connectivity index (χ2v) is 5.01. The van der Waals surface area contributed by atoms with Gasteiger partial charge in [-0.3, -0.25) is 0 Å². The van der Waals surface area contributed by atoms with Crippen LogP contribution in [0.25, 0.3) is 0 Å². The first kappa shape index (κ1) is 12.5. The van der Waals surface area contributed by atoms with E-state index in [0.29, 0.717) is 6.61 Å². The van der Waals surface area contributed by atoms with Gasteiger partial charge in [0.25, 0.3) is 0 Å². The minimum Gasteiger partial charge on any atom is -0.380 e. The molecular weight excluding hydrogens is 190 g/mol. The fourth-order valence-electron chi connectivity index (χ4n) is 1.84. The summed E-state index contributed by atoms with van der Waals surface area (Å²) in [5.41, 5.74) is -0.407. The van der Waals surface area contributed by atoms with Crippen molar-refractivity contribution in [2.45, 2.75) is 45.1 Å². The van der Waals surface area contributed by atoms with Crippen LogP contribution in [0.4, 0.5) is 0 Å². The van der Waals surface area contributed by atoms with Gasteiger partial charge in [-0.1, -0.05) is 0 Å². The van der Waals surface area contributed by atoms with Gasteiger partial charge >= 0.3 is 0 Å². The van der Waals surface area contributed by atoms with Gasteiger partial charge in [-0.15, -0.1) is 0 Å². The van der Waals surface area contributed by atoms with E-state index in [1.54, 1.807) is 7.11 Å². The normalized spacial score (nSPS) is 27.3. The lowest BCUT2D eigenvalue weighted by atomic mass is 9.78. The summed E-state index contributed by atoms with van der Waals surface area (Å²) < 4.78 is 10.8. The van der Waals surface area contributed by atoms with E-state index in [-0.39, 0.29) is 11.0 Å². The molecule has 0 saturated carbocycles. The molecule has 1 unspecified atom stereocenters. The molecule has 1 atom stereocenters. The van der Waals surface area contributed by atoms with Crippen LogP contribution in [0.5, 0.6) is 0 Å². The fourth-order valence-corrected chi connectivity index (χ4v) is 1.84. The lowest BCUT2D eigenvalue weighted by Crippen LogP contribution is -2.33. The predicted octanol–water partition coefficient (Wildman–Crippen LogP) is 2.51. The molecule has 1 aliphatic heterocycles. The average molecular weight is 211 g/mol. The van der Waals surface area contributed by atoms with Crippen molar-refractivity contribution < 1.29 is 9.47 Å². The summed E-state index contributed by atoms with van der Waals surface area (Å²) in [5.74, 6) is 0. The Morgan fingerprint density at radius 3 is 2.73 bits per heavy atom. The van der Waals surface area contributed by atoms with Crippen molar-refractivity contribution in [1.82, 2.24) is 0 Å². The molecule has 0 aromatic rings. The summed E-state index contributed by atoms with van der Waals surface area (Å²) in [6.07, 6.45) is 3.73. The molecule has 3 nitrogen and oxygen atoms in total. The number of rotatable bonds is 4. The molecular formula is C12H21NO2. The highest BCUT2D eigenvalue weighted by Crippen LogP contribution is 2.35. The topological polar surface area (TPSA) is 42.2 Å². The molecule has 3 heteroatoms. The standard InChI is InChI=1S/C12H21NO2/c1-11(2,14-3)6-7-12(9-13)5-4-8-15-10-12/h4-8,10H2,1-3H3. The van der Waals surface area contributed by atoms with Gasteiger partial charge < -0.3 is 9.47 Å². The molecule has 0 radical (unpaired) electrons. The summed E-state index contributed by atoms with van der Waals surface area (Å²) in [5, 5.41) is 9.24. The van der Waals surface area contributed by atoms with Gasteiger partial charge in [0.1, 0.15) is 0 Å². The van der Waals surface area contributed by atoms with Gasteiger partial charge in [-0.25, -0.2) is 0 Å². The van der Waals surface area contributed by atoms with E-state index >= 15 is 0 Å². The number of hydrogen-bond donors (Lipinski definition) is 0. The van der Waals surface area contributed by atoms with E-state index in [1.165, 1.54) is 0 Å². The van der Waals surface area contributed by atoms with Crippen molar-refractivity contribution in [3.8, 4) is 6.07 Å². The van der Waals surface area contributed by atoms with Gasteiger partial charge in [0, 0.05) is 13.7 Å². The van der Waals surface area contributed by atoms with Crippen molar-refractivity contribution in [3.63, 3.8) is 0 Å². The van der Waals surface area contributed by atoms with Gasteiger partial charge in [0.2, 0.25) is 0 Å². The first-order valence-electron chi connectivity index (χ1n) is 5.58. The van der Waals surface area contributed by atoms with Crippen LogP contribution in [0.2, 0.25) is 0 Å². The van der Waals surface area contributed by atoms with Gasteiger partial charge in [-0.05, 0) is 39.5 Å². The van der Waals surface area contributed by atoms with E-state index in [4.69, 9.17) is 9.47 Å². The zero-order valence-electron chi connectivity index (χ0n) is 10.0. The Morgan fingerprint density at radius 1 is 1.53 bits per heavy atom. The molecule has 15 heavy (non-hydrogen) atoms. The Hall–Kier alpha value is -0.590. The maximum Gasteiger partial charge on any atom is 0.0808 e. The maximum atomic E-state index is 9.24. The highest BCUT2D eigenvalue weighted by molar-refractivity contribution is 5.01. The molecule has 0 bridgehead atoms. The molecule has 0 aromatic carbocycles. The molecule has 0 N–H and O–H groups in total. The second kappa shape index (κ2) is 4.96. The summed E-state index contributed by atoms with van der Waals surface area (Å²) in [6.45, 7) is 5.50. The lowest BCUT2D eigenvalue weighted by molar-refractivity contribution is -0.0189. The average Bonchev–Trinajstić information content (AvgIpc) is 2.28. The zero-order chi connectivity index (χ0) is 11.4. The maximum absolute atomic E-state index is 9.24. The highest BCUT2D eigenvalue weighted by Gasteiger charge is 2.34. The van der Waals surface area contributed by atoms with Crippen molar-refractivity contribution >= 4 is 0 Å². The first-order chi connectivity index (χ1) is 7.04. The molecule has 0 amide bonds. The molecule has 0 spiro atoms. The van der Waals surface area contributed by atoms with E-state index in [2.05, 4.69) is 19.9 Å². The van der Waals surface area contributed by atoms with Gasteiger partial charge in [0.15, 0.2) is 0 Å². The number of hydrogen-bond acceptors (Lipinski definition) is 3. The summed E-state index contributed by atoms with van der Waals surface area (Å²) in [6, 6.07) is 2.43. The molecule has 1 rings (SSSR count). The lowest BCUT2D eigenvalue weighted by Gasteiger charge is -2.33. The minimum absolute atomic E-state index is 0.138. The number of methoxy groups -OCH3 is 1. The molecule has 1 aliphatic rings. The number of nitriles is 1. The van der Waals surface area contributed by atoms with E-state index in [9.17, 15) is 5.26 Å². The Morgan fingerprint density at radius 2 is 2.27 bits per heavy atom. The Kier molecular flexibility index (Phi) is 4.12. The summed E-state index contributed by atoms with van der Waals surface area (Å²) >= 11 is 0. The van der Waals surface area contributed by atoms with Crippen molar-refractivity contribution in [2.75, 3.05) is 20.3 Å². The fraction of sp³-hybridized carbons (Fsp3) is 0.917. The molecule has 1 fully saturated rings. The number of nitrogens with zero attached hydrogens (tertiary/aromatic N) is 1. The quantitative estimate of drug-likeness (QED) is 0.717. The van der Waals surface area contributed by atoms with Crippen LogP contribution in [-0.2, 0) is 9.47 Å². The van der Waals surface area contributed by atoms with Gasteiger partial charge in [-0.2, -0.15) is 5.26 Å². The van der Waals surface area contributed by atoms with Crippen LogP contribution in [0.15, 0.2) is 0 Å². The summed E-state index contributed by atoms with van der Waals surface area (Å²) in [7, 11) is 1.72. The third-order valence-electron chi connectivity index (χ3n) is 3.32. The molecule has 0 aliphatic carbocycles. The van der Waals surface area contributed by atoms with Crippen molar-refractivity contribution in [2.24, 2.45) is 5.41 Å². The molecule has 1 heterocycles. The molecule has 0 aromatic heterocycles. The van der Waals surface area contributed by atoms with Gasteiger partial charge in [0.05, 0.1) is 23.7 Å². The van der Waals surface area contributed by atoms with Crippen LogP contribution in [0, 0.1) is 16.7 Å². The highest BCUT2D eigenvalue weighted by atomic mass is 16.5. The first-order valence-corrected chi connectivity index (χ1v) is 5.58. The van der Waals surface area contributed by atoms with E-state index < -0.39 is 0 Å². The zero-order valence-corrected chi connectivity index (χ0v) is 10.0. The van der Waals surface area contributed by atoms with Crippen molar-refractivity contribution in [1.29, 1.82) is 5.26 Å². The van der Waals surface area contributed by atoms with Crippen molar-refractivity contribution in [3.05, 3.63) is 0 Å². The van der Waals surface area contributed by atoms with E-state index in [1.807, 2.05) is 0 Å². The van der Waals surface area contributed by atoms with E-state index in [0.717, 1.165) is 32.3 Å². The Balaban J connectivity index is 2.50. The number of ether oxygens (including phenoxy) is 2.